The number of hydrogen-bond acceptors (Lipinski definition) is 2. The van der Waals surface area contributed by atoms with E-state index in [0.717, 1.165) is 28.4 Å². The standard InChI is InChI=1S/C51H55N4O/c1-48(2,3)34-17-16-18-37(27-34)54-33-55(54,46-22-15-14-21-45(46)54)38-28-36(49(4,5)6)29-40(31-38)56-39-23-24-42-41-19-12-13-20-43(41)53(44(42)32-39)47-30-35(25-26-52-47)51(10,11)50(7,8)9/h12-33H,1-11H3/q+1/t54-,55?/m0/s1. The van der Waals surface area contributed by atoms with Crippen LogP contribution in [0.4, 0.5) is 22.7 Å². The molecule has 4 heterocycles. The van der Waals surface area contributed by atoms with Crippen LogP contribution < -0.4 is 13.9 Å². The Morgan fingerprint density at radius 2 is 1.16 bits per heavy atom. The number of ether oxygens (including phenoxy) is 1. The molecular weight excluding hydrogens is 685 g/mol. The highest BCUT2D eigenvalue weighted by atomic mass is 16.5. The van der Waals surface area contributed by atoms with Gasteiger partial charge in [0.2, 0.25) is 11.4 Å². The van der Waals surface area contributed by atoms with Crippen molar-refractivity contribution < 1.29 is 4.74 Å². The molecule has 1 fully saturated rings. The lowest BCUT2D eigenvalue weighted by Crippen LogP contribution is -2.46. The first kappa shape index (κ1) is 36.4. The van der Waals surface area contributed by atoms with E-state index in [0.29, 0.717) is 9.18 Å². The minimum Gasteiger partial charge on any atom is -0.457 e. The van der Waals surface area contributed by atoms with Gasteiger partial charge in [0.1, 0.15) is 17.3 Å². The minimum atomic E-state index is -0.0947. The molecule has 284 valence electrons. The molecule has 0 N–H and O–H groups in total. The quantitative estimate of drug-likeness (QED) is 0.0965. The van der Waals surface area contributed by atoms with Crippen molar-refractivity contribution in [2.75, 3.05) is 0 Å². The third-order valence-electron chi connectivity index (χ3n) is 13.1. The first-order valence-electron chi connectivity index (χ1n) is 20.1. The number of fused-ring (bicyclic) bond motifs is 7. The van der Waals surface area contributed by atoms with Gasteiger partial charge in [0.05, 0.1) is 11.0 Å². The molecule has 0 spiro atoms. The summed E-state index contributed by atoms with van der Waals surface area (Å²) in [6.45, 7) is 27.8. The largest absolute Gasteiger partial charge is 0.457 e. The SMILES string of the molecule is CC(C)(C)c1cc(Oc2ccc3c4ccccc4n(-c4cc(C(C)(C)C(C)(C)C)ccn4)c3c2)cc([N+]23[CH-][N@+]2(c2cccc(C(C)(C)C)c2)c2ccccc23)c1. The van der Waals surface area contributed by atoms with Crippen LogP contribution in [0.15, 0.2) is 128 Å². The molecule has 5 heteroatoms. The third-order valence-corrected chi connectivity index (χ3v) is 13.1. The summed E-state index contributed by atoms with van der Waals surface area (Å²) in [7, 11) is 0. The Morgan fingerprint density at radius 3 is 1.86 bits per heavy atom. The van der Waals surface area contributed by atoms with Crippen molar-refractivity contribution in [2.45, 2.75) is 92.4 Å². The van der Waals surface area contributed by atoms with Gasteiger partial charge in [0.25, 0.3) is 0 Å². The fourth-order valence-corrected chi connectivity index (χ4v) is 8.67. The van der Waals surface area contributed by atoms with Gasteiger partial charge in [-0.25, -0.2) is 4.98 Å². The number of pyridine rings is 1. The average molecular weight is 740 g/mol. The van der Waals surface area contributed by atoms with Crippen molar-refractivity contribution in [1.82, 2.24) is 18.7 Å². The van der Waals surface area contributed by atoms with Crippen LogP contribution in [0.3, 0.4) is 0 Å². The van der Waals surface area contributed by atoms with Gasteiger partial charge in [-0.1, -0.05) is 119 Å². The highest BCUT2D eigenvalue weighted by Crippen LogP contribution is 2.75. The zero-order valence-corrected chi connectivity index (χ0v) is 34.9. The van der Waals surface area contributed by atoms with Crippen molar-refractivity contribution in [2.24, 2.45) is 5.41 Å². The Hall–Kier alpha value is -5.23. The van der Waals surface area contributed by atoms with Gasteiger partial charge in [0, 0.05) is 59.4 Å². The Kier molecular flexibility index (Phi) is 7.73. The first-order valence-corrected chi connectivity index (χ1v) is 20.1. The summed E-state index contributed by atoms with van der Waals surface area (Å²) in [5.41, 5.74) is 11.1. The fraction of sp³-hybridized carbons (Fsp3) is 0.294. The lowest BCUT2D eigenvalue weighted by Gasteiger charge is -2.40. The second kappa shape index (κ2) is 11.9. The number of quaternary nitrogens is 2. The van der Waals surface area contributed by atoms with Gasteiger partial charge >= 0.3 is 0 Å². The smallest absolute Gasteiger partial charge is 0.225 e. The maximum Gasteiger partial charge on any atom is 0.225 e. The van der Waals surface area contributed by atoms with E-state index in [2.05, 4.69) is 209 Å². The van der Waals surface area contributed by atoms with Crippen LogP contribution in [-0.2, 0) is 16.2 Å². The van der Waals surface area contributed by atoms with E-state index in [1.807, 2.05) is 6.20 Å². The van der Waals surface area contributed by atoms with Gasteiger partial charge in [0.15, 0.2) is 18.0 Å². The normalized spacial score (nSPS) is 19.4. The van der Waals surface area contributed by atoms with Gasteiger partial charge < -0.3 is 4.74 Å². The maximum atomic E-state index is 6.98. The molecular formula is C51H55N4O+. The molecule has 0 bridgehead atoms. The predicted molar refractivity (Wildman–Crippen MR) is 235 cm³/mol. The number of benzene rings is 5. The summed E-state index contributed by atoms with van der Waals surface area (Å²) in [6.07, 6.45) is 1.96. The highest BCUT2D eigenvalue weighted by molar-refractivity contribution is 6.09. The topological polar surface area (TPSA) is 27.1 Å². The van der Waals surface area contributed by atoms with Crippen molar-refractivity contribution in [1.29, 1.82) is 0 Å². The molecule has 1 unspecified atom stereocenters. The molecule has 2 aliphatic heterocycles. The van der Waals surface area contributed by atoms with Crippen LogP contribution in [0.2, 0.25) is 0 Å². The average Bonchev–Trinajstić information content (AvgIpc) is 3.64. The van der Waals surface area contributed by atoms with E-state index in [1.54, 1.807) is 0 Å². The Bertz CT molecular complexity index is 2700. The number of hydrogen-bond donors (Lipinski definition) is 0. The Balaban J connectivity index is 1.17. The van der Waals surface area contributed by atoms with Gasteiger partial charge in [-0.15, -0.1) is 0 Å². The van der Waals surface area contributed by atoms with Crippen LogP contribution in [0.25, 0.3) is 27.6 Å². The van der Waals surface area contributed by atoms with Crippen LogP contribution in [0.5, 0.6) is 11.5 Å². The number of aromatic nitrogens is 2. The molecule has 56 heavy (non-hydrogen) atoms. The molecule has 2 atom stereocenters. The number of para-hydroxylation sites is 3. The molecule has 1 saturated heterocycles. The lowest BCUT2D eigenvalue weighted by atomic mass is 9.65. The Labute approximate surface area is 333 Å². The first-order chi connectivity index (χ1) is 26.4. The second-order valence-electron chi connectivity index (χ2n) is 19.7. The molecule has 2 aliphatic rings. The molecule has 5 aromatic carbocycles. The zero-order chi connectivity index (χ0) is 39.6. The summed E-state index contributed by atoms with van der Waals surface area (Å²) in [5, 5.41) is 2.37. The molecule has 0 saturated carbocycles. The van der Waals surface area contributed by atoms with Crippen molar-refractivity contribution in [3.8, 4) is 17.3 Å². The van der Waals surface area contributed by atoms with E-state index in [4.69, 9.17) is 9.72 Å². The Morgan fingerprint density at radius 1 is 0.518 bits per heavy atom. The molecule has 5 nitrogen and oxygen atoms in total. The van der Waals surface area contributed by atoms with E-state index < -0.39 is 0 Å². The molecule has 0 aliphatic carbocycles. The van der Waals surface area contributed by atoms with E-state index in [-0.39, 0.29) is 21.7 Å². The summed E-state index contributed by atoms with van der Waals surface area (Å²) in [5.74, 6) is 2.54. The highest BCUT2D eigenvalue weighted by Gasteiger charge is 2.78. The van der Waals surface area contributed by atoms with Crippen molar-refractivity contribution in [3.05, 3.63) is 151 Å². The van der Waals surface area contributed by atoms with Crippen LogP contribution in [-0.4, -0.2) is 9.55 Å². The fourth-order valence-electron chi connectivity index (χ4n) is 8.67. The number of nitrogens with zero attached hydrogens (tertiary/aromatic N) is 4. The van der Waals surface area contributed by atoms with Crippen LogP contribution in [0.1, 0.15) is 92.9 Å². The molecule has 7 aromatic rings. The second-order valence-corrected chi connectivity index (χ2v) is 19.7. The minimum absolute atomic E-state index is 0.0478. The van der Waals surface area contributed by atoms with E-state index in [1.165, 1.54) is 50.2 Å². The predicted octanol–water partition coefficient (Wildman–Crippen LogP) is 14.2. The summed E-state index contributed by atoms with van der Waals surface area (Å²) < 4.78 is 10.6. The van der Waals surface area contributed by atoms with Crippen LogP contribution >= 0.6 is 0 Å². The van der Waals surface area contributed by atoms with Crippen molar-refractivity contribution >= 4 is 44.6 Å². The number of rotatable bonds is 6. The molecule has 0 amide bonds. The van der Waals surface area contributed by atoms with Crippen molar-refractivity contribution in [3.63, 3.8) is 0 Å². The van der Waals surface area contributed by atoms with Gasteiger partial charge in [-0.3, -0.25) is 4.57 Å². The lowest BCUT2D eigenvalue weighted by molar-refractivity contribution is 0.225. The van der Waals surface area contributed by atoms with E-state index in [9.17, 15) is 0 Å². The summed E-state index contributed by atoms with van der Waals surface area (Å²) >= 11 is 0. The molecule has 0 radical (unpaired) electrons. The summed E-state index contributed by atoms with van der Waals surface area (Å²) in [6, 6.07) is 44.5. The van der Waals surface area contributed by atoms with Gasteiger partial charge in [-0.05, 0) is 74.7 Å². The van der Waals surface area contributed by atoms with E-state index >= 15 is 0 Å². The van der Waals surface area contributed by atoms with Gasteiger partial charge in [-0.2, -0.15) is 9.18 Å². The molecule has 2 aromatic heterocycles. The zero-order valence-electron chi connectivity index (χ0n) is 34.9. The maximum absolute atomic E-state index is 6.98. The third kappa shape index (κ3) is 5.24. The molecule has 9 rings (SSSR count). The van der Waals surface area contributed by atoms with Crippen LogP contribution in [0, 0.1) is 12.1 Å². The summed E-state index contributed by atoms with van der Waals surface area (Å²) in [4.78, 5) is 4.97. The monoisotopic (exact) mass is 739 g/mol.